The average Bonchev–Trinajstić information content (AvgIpc) is 2.41. The SMILES string of the molecule is O=C(O)c1cc(S(=O)(=O)Nc2ccc(=O)[nH]n2)ccc1Cl. The lowest BCUT2D eigenvalue weighted by Gasteiger charge is -2.08. The molecule has 0 saturated heterocycles. The molecule has 0 unspecified atom stereocenters. The molecule has 10 heteroatoms. The molecular formula is C11H8ClN3O5S. The summed E-state index contributed by atoms with van der Waals surface area (Å²) in [6.07, 6.45) is 0. The number of hydrogen-bond donors (Lipinski definition) is 3. The van der Waals surface area contributed by atoms with Gasteiger partial charge in [0.05, 0.1) is 15.5 Å². The van der Waals surface area contributed by atoms with Crippen molar-refractivity contribution in [1.82, 2.24) is 10.2 Å². The number of aromatic nitrogens is 2. The Hall–Kier alpha value is -2.39. The molecule has 2 aromatic rings. The Morgan fingerprint density at radius 1 is 1.29 bits per heavy atom. The molecule has 1 aromatic carbocycles. The van der Waals surface area contributed by atoms with Gasteiger partial charge < -0.3 is 5.11 Å². The standard InChI is InChI=1S/C11H8ClN3O5S/c12-8-2-1-6(5-7(8)11(17)18)21(19,20)15-9-3-4-10(16)14-13-9/h1-5H,(H,13,15)(H,14,16)(H,17,18). The fourth-order valence-electron chi connectivity index (χ4n) is 1.43. The largest absolute Gasteiger partial charge is 0.478 e. The number of hydrogen-bond acceptors (Lipinski definition) is 5. The summed E-state index contributed by atoms with van der Waals surface area (Å²) in [7, 11) is -4.06. The van der Waals surface area contributed by atoms with Crippen LogP contribution in [-0.2, 0) is 10.0 Å². The van der Waals surface area contributed by atoms with E-state index in [4.69, 9.17) is 16.7 Å². The zero-order valence-electron chi connectivity index (χ0n) is 10.2. The van der Waals surface area contributed by atoms with Gasteiger partial charge in [0, 0.05) is 6.07 Å². The summed E-state index contributed by atoms with van der Waals surface area (Å²) in [6.45, 7) is 0. The van der Waals surface area contributed by atoms with E-state index in [1.807, 2.05) is 0 Å². The molecule has 1 aromatic heterocycles. The molecule has 21 heavy (non-hydrogen) atoms. The number of aromatic amines is 1. The summed E-state index contributed by atoms with van der Waals surface area (Å²) in [5.41, 5.74) is -0.827. The van der Waals surface area contributed by atoms with E-state index in [2.05, 4.69) is 14.9 Å². The minimum absolute atomic E-state index is 0.0800. The molecule has 0 aliphatic rings. The van der Waals surface area contributed by atoms with Crippen LogP contribution in [0.25, 0.3) is 0 Å². The fourth-order valence-corrected chi connectivity index (χ4v) is 2.66. The maximum atomic E-state index is 12.1. The Kier molecular flexibility index (Phi) is 3.96. The monoisotopic (exact) mass is 329 g/mol. The van der Waals surface area contributed by atoms with Gasteiger partial charge >= 0.3 is 5.97 Å². The fraction of sp³-hybridized carbons (Fsp3) is 0. The molecule has 1 heterocycles. The van der Waals surface area contributed by atoms with E-state index < -0.39 is 21.6 Å². The highest BCUT2D eigenvalue weighted by molar-refractivity contribution is 7.92. The van der Waals surface area contributed by atoms with Crippen LogP contribution in [0, 0.1) is 0 Å². The summed E-state index contributed by atoms with van der Waals surface area (Å²) < 4.78 is 26.3. The van der Waals surface area contributed by atoms with Crippen LogP contribution in [0.1, 0.15) is 10.4 Å². The van der Waals surface area contributed by atoms with Gasteiger partial charge in [-0.15, -0.1) is 0 Å². The van der Waals surface area contributed by atoms with Crippen molar-refractivity contribution in [3.63, 3.8) is 0 Å². The summed E-state index contributed by atoms with van der Waals surface area (Å²) in [5, 5.41) is 14.4. The smallest absolute Gasteiger partial charge is 0.337 e. The van der Waals surface area contributed by atoms with Gasteiger partial charge in [0.1, 0.15) is 0 Å². The second-order valence-electron chi connectivity index (χ2n) is 3.86. The molecule has 0 saturated carbocycles. The van der Waals surface area contributed by atoms with Crippen LogP contribution in [0.5, 0.6) is 0 Å². The number of rotatable bonds is 4. The first-order valence-corrected chi connectivity index (χ1v) is 7.27. The molecule has 0 radical (unpaired) electrons. The number of carboxylic acid groups (broad SMARTS) is 1. The summed E-state index contributed by atoms with van der Waals surface area (Å²) in [6, 6.07) is 5.52. The van der Waals surface area contributed by atoms with E-state index in [1.54, 1.807) is 0 Å². The van der Waals surface area contributed by atoms with Crippen molar-refractivity contribution in [3.05, 3.63) is 51.3 Å². The van der Waals surface area contributed by atoms with Gasteiger partial charge in [0.25, 0.3) is 15.6 Å². The molecule has 0 spiro atoms. The summed E-state index contributed by atoms with van der Waals surface area (Å²) in [4.78, 5) is 21.5. The van der Waals surface area contributed by atoms with Gasteiger partial charge in [-0.2, -0.15) is 5.10 Å². The zero-order chi connectivity index (χ0) is 15.6. The van der Waals surface area contributed by atoms with Crippen LogP contribution in [0.4, 0.5) is 5.82 Å². The lowest BCUT2D eigenvalue weighted by molar-refractivity contribution is 0.0697. The van der Waals surface area contributed by atoms with Crippen molar-refractivity contribution in [1.29, 1.82) is 0 Å². The predicted molar refractivity (Wildman–Crippen MR) is 74.1 cm³/mol. The van der Waals surface area contributed by atoms with E-state index in [0.717, 1.165) is 18.2 Å². The number of aromatic carboxylic acids is 1. The molecule has 3 N–H and O–H groups in total. The van der Waals surface area contributed by atoms with Crippen LogP contribution in [0.15, 0.2) is 40.0 Å². The van der Waals surface area contributed by atoms with E-state index >= 15 is 0 Å². The molecular weight excluding hydrogens is 322 g/mol. The van der Waals surface area contributed by atoms with Crippen molar-refractivity contribution in [3.8, 4) is 0 Å². The molecule has 0 bridgehead atoms. The number of benzene rings is 1. The van der Waals surface area contributed by atoms with Gasteiger partial charge in [-0.3, -0.25) is 9.52 Å². The topological polar surface area (TPSA) is 129 Å². The molecule has 0 aliphatic heterocycles. The number of nitrogens with one attached hydrogen (secondary N) is 2. The highest BCUT2D eigenvalue weighted by Crippen LogP contribution is 2.21. The first-order valence-electron chi connectivity index (χ1n) is 5.41. The molecule has 0 aliphatic carbocycles. The Morgan fingerprint density at radius 3 is 2.57 bits per heavy atom. The number of carbonyl (C=O) groups is 1. The lowest BCUT2D eigenvalue weighted by atomic mass is 10.2. The second kappa shape index (κ2) is 5.54. The van der Waals surface area contributed by atoms with E-state index in [9.17, 15) is 18.0 Å². The van der Waals surface area contributed by atoms with Crippen molar-refractivity contribution in [2.24, 2.45) is 0 Å². The molecule has 0 fully saturated rings. The molecule has 8 nitrogen and oxygen atoms in total. The van der Waals surface area contributed by atoms with E-state index in [1.165, 1.54) is 12.1 Å². The van der Waals surface area contributed by atoms with Crippen LogP contribution in [0.2, 0.25) is 5.02 Å². The molecule has 0 amide bonds. The van der Waals surface area contributed by atoms with E-state index in [0.29, 0.717) is 0 Å². The average molecular weight is 330 g/mol. The molecule has 110 valence electrons. The minimum atomic E-state index is -4.06. The molecule has 2 rings (SSSR count). The van der Waals surface area contributed by atoms with Gasteiger partial charge in [0.2, 0.25) is 0 Å². The number of sulfonamides is 1. The maximum absolute atomic E-state index is 12.1. The predicted octanol–water partition coefficient (Wildman–Crippen LogP) is 0.922. The quantitative estimate of drug-likeness (QED) is 0.765. The van der Waals surface area contributed by atoms with Crippen molar-refractivity contribution < 1.29 is 18.3 Å². The van der Waals surface area contributed by atoms with Crippen LogP contribution < -0.4 is 10.3 Å². The third kappa shape index (κ3) is 3.38. The van der Waals surface area contributed by atoms with Gasteiger partial charge in [-0.05, 0) is 24.3 Å². The minimum Gasteiger partial charge on any atom is -0.478 e. The summed E-state index contributed by atoms with van der Waals surface area (Å²) in [5.74, 6) is -1.46. The van der Waals surface area contributed by atoms with Gasteiger partial charge in [-0.25, -0.2) is 18.3 Å². The normalized spacial score (nSPS) is 11.1. The summed E-state index contributed by atoms with van der Waals surface area (Å²) >= 11 is 5.67. The van der Waals surface area contributed by atoms with E-state index in [-0.39, 0.29) is 21.3 Å². The van der Waals surface area contributed by atoms with Gasteiger partial charge in [0.15, 0.2) is 5.82 Å². The number of H-pyrrole nitrogens is 1. The third-order valence-electron chi connectivity index (χ3n) is 2.40. The van der Waals surface area contributed by atoms with Gasteiger partial charge in [-0.1, -0.05) is 11.6 Å². The van der Waals surface area contributed by atoms with Crippen LogP contribution in [0.3, 0.4) is 0 Å². The highest BCUT2D eigenvalue weighted by atomic mass is 35.5. The van der Waals surface area contributed by atoms with Crippen molar-refractivity contribution in [2.75, 3.05) is 4.72 Å². The Labute approximate surface area is 123 Å². The number of anilines is 1. The van der Waals surface area contributed by atoms with Crippen LogP contribution >= 0.6 is 11.6 Å². The third-order valence-corrected chi connectivity index (χ3v) is 4.08. The van der Waals surface area contributed by atoms with Crippen molar-refractivity contribution >= 4 is 33.4 Å². The lowest BCUT2D eigenvalue weighted by Crippen LogP contribution is -2.17. The maximum Gasteiger partial charge on any atom is 0.337 e. The van der Waals surface area contributed by atoms with Crippen molar-refractivity contribution in [2.45, 2.75) is 4.90 Å². The second-order valence-corrected chi connectivity index (χ2v) is 5.95. The zero-order valence-corrected chi connectivity index (χ0v) is 11.8. The molecule has 0 atom stereocenters. The first kappa shape index (κ1) is 15.0. The number of nitrogens with zero attached hydrogens (tertiary/aromatic N) is 1. The number of carboxylic acids is 1. The first-order chi connectivity index (χ1) is 9.79. The highest BCUT2D eigenvalue weighted by Gasteiger charge is 2.19. The Morgan fingerprint density at radius 2 is 2.00 bits per heavy atom. The Balaban J connectivity index is 2.40. The Bertz CT molecular complexity index is 842. The van der Waals surface area contributed by atoms with Crippen LogP contribution in [-0.4, -0.2) is 29.7 Å². The number of halogens is 1.